The highest BCUT2D eigenvalue weighted by Gasteiger charge is 2.23. The van der Waals surface area contributed by atoms with Crippen molar-refractivity contribution in [1.82, 2.24) is 20.9 Å². The molecule has 0 radical (unpaired) electrons. The molecular weight excluding hydrogens is 466 g/mol. The molecule has 1 aromatic heterocycles. The van der Waals surface area contributed by atoms with Crippen LogP contribution in [0.1, 0.15) is 48.8 Å². The van der Waals surface area contributed by atoms with Gasteiger partial charge in [-0.1, -0.05) is 12.1 Å². The predicted octanol–water partition coefficient (Wildman–Crippen LogP) is 3.79. The van der Waals surface area contributed by atoms with Crippen LogP contribution in [0.2, 0.25) is 0 Å². The number of nitrogens with one attached hydrogen (secondary N) is 4. The Morgan fingerprint density at radius 2 is 1.86 bits per heavy atom. The summed E-state index contributed by atoms with van der Waals surface area (Å²) in [7, 11) is 0. The van der Waals surface area contributed by atoms with E-state index in [0.29, 0.717) is 24.3 Å². The van der Waals surface area contributed by atoms with Gasteiger partial charge in [-0.15, -0.1) is 11.3 Å². The van der Waals surface area contributed by atoms with Gasteiger partial charge in [0, 0.05) is 48.3 Å². The maximum absolute atomic E-state index is 12.4. The molecule has 0 spiro atoms. The molecule has 0 bridgehead atoms. The van der Waals surface area contributed by atoms with Gasteiger partial charge in [0.15, 0.2) is 0 Å². The van der Waals surface area contributed by atoms with E-state index in [2.05, 4.69) is 26.2 Å². The summed E-state index contributed by atoms with van der Waals surface area (Å²) in [5.74, 6) is -0.188. The van der Waals surface area contributed by atoms with Crippen LogP contribution < -0.4 is 21.3 Å². The zero-order valence-electron chi connectivity index (χ0n) is 20.6. The van der Waals surface area contributed by atoms with Gasteiger partial charge in [-0.25, -0.2) is 9.59 Å². The SMILES string of the molecule is CC(C)(C)OC(=O)NC1CCN(CCNC(=O)Nc2cccc(C(=O)NCc3cccs3)c2)CC1. The van der Waals surface area contributed by atoms with Crippen molar-refractivity contribution in [2.24, 2.45) is 0 Å². The van der Waals surface area contributed by atoms with E-state index >= 15 is 0 Å². The number of piperidine rings is 1. The molecule has 0 atom stereocenters. The van der Waals surface area contributed by atoms with Crippen molar-refractivity contribution in [3.8, 4) is 0 Å². The first kappa shape index (κ1) is 26.5. The number of carbonyl (C=O) groups excluding carboxylic acids is 3. The van der Waals surface area contributed by atoms with E-state index in [1.807, 2.05) is 38.3 Å². The number of likely N-dealkylation sites (tertiary alicyclic amines) is 1. The van der Waals surface area contributed by atoms with Crippen LogP contribution in [0.5, 0.6) is 0 Å². The lowest BCUT2D eigenvalue weighted by molar-refractivity contribution is 0.0479. The van der Waals surface area contributed by atoms with Gasteiger partial charge in [-0.2, -0.15) is 0 Å². The Morgan fingerprint density at radius 1 is 1.09 bits per heavy atom. The second kappa shape index (κ2) is 12.6. The van der Waals surface area contributed by atoms with Crippen LogP contribution in [0.15, 0.2) is 41.8 Å². The standard InChI is InChI=1S/C25H35N5O4S/c1-25(2,3)34-24(33)29-19-9-12-30(13-10-19)14-11-26-23(32)28-20-7-4-6-18(16-20)22(31)27-17-21-8-5-15-35-21/h4-8,15-16,19H,9-14,17H2,1-3H3,(H,27,31)(H,29,33)(H2,26,28,32). The molecule has 1 aromatic carbocycles. The highest BCUT2D eigenvalue weighted by molar-refractivity contribution is 7.09. The fourth-order valence-corrected chi connectivity index (χ4v) is 4.34. The van der Waals surface area contributed by atoms with E-state index in [0.717, 1.165) is 37.4 Å². The average molecular weight is 502 g/mol. The van der Waals surface area contributed by atoms with Gasteiger partial charge in [0.2, 0.25) is 0 Å². The van der Waals surface area contributed by atoms with Gasteiger partial charge in [-0.05, 0) is 63.3 Å². The highest BCUT2D eigenvalue weighted by atomic mass is 32.1. The van der Waals surface area contributed by atoms with E-state index in [1.165, 1.54) is 0 Å². The minimum absolute atomic E-state index is 0.104. The first-order valence-electron chi connectivity index (χ1n) is 11.9. The summed E-state index contributed by atoms with van der Waals surface area (Å²) < 4.78 is 5.32. The van der Waals surface area contributed by atoms with Crippen LogP contribution in [0.25, 0.3) is 0 Å². The van der Waals surface area contributed by atoms with Crippen molar-refractivity contribution in [3.05, 3.63) is 52.2 Å². The molecule has 1 saturated heterocycles. The Kier molecular flexibility index (Phi) is 9.50. The zero-order valence-corrected chi connectivity index (χ0v) is 21.4. The lowest BCUT2D eigenvalue weighted by atomic mass is 10.1. The first-order valence-corrected chi connectivity index (χ1v) is 12.7. The molecule has 3 rings (SSSR count). The van der Waals surface area contributed by atoms with Gasteiger partial charge in [0.1, 0.15) is 5.60 Å². The summed E-state index contributed by atoms with van der Waals surface area (Å²) in [4.78, 5) is 40.0. The second-order valence-electron chi connectivity index (χ2n) is 9.49. The van der Waals surface area contributed by atoms with Crippen molar-refractivity contribution in [2.75, 3.05) is 31.5 Å². The fraction of sp³-hybridized carbons (Fsp3) is 0.480. The molecule has 0 unspecified atom stereocenters. The van der Waals surface area contributed by atoms with Crippen molar-refractivity contribution < 1.29 is 19.1 Å². The number of hydrogen-bond donors (Lipinski definition) is 4. The average Bonchev–Trinajstić information content (AvgIpc) is 3.31. The smallest absolute Gasteiger partial charge is 0.407 e. The summed E-state index contributed by atoms with van der Waals surface area (Å²) in [6.07, 6.45) is 1.30. The minimum Gasteiger partial charge on any atom is -0.444 e. The number of benzene rings is 1. The Hall–Kier alpha value is -3.11. The molecule has 1 aliphatic heterocycles. The molecule has 9 nitrogen and oxygen atoms in total. The zero-order chi connectivity index (χ0) is 25.3. The molecule has 1 aliphatic rings. The van der Waals surface area contributed by atoms with Crippen LogP contribution in [0.4, 0.5) is 15.3 Å². The number of rotatable bonds is 8. The topological polar surface area (TPSA) is 112 Å². The Balaban J connectivity index is 1.33. The van der Waals surface area contributed by atoms with E-state index < -0.39 is 5.60 Å². The largest absolute Gasteiger partial charge is 0.444 e. The molecule has 2 aromatic rings. The van der Waals surface area contributed by atoms with Gasteiger partial charge in [0.05, 0.1) is 6.54 Å². The maximum atomic E-state index is 12.4. The minimum atomic E-state index is -0.505. The highest BCUT2D eigenvalue weighted by Crippen LogP contribution is 2.14. The third kappa shape index (κ3) is 9.58. The number of amides is 4. The second-order valence-corrected chi connectivity index (χ2v) is 10.5. The molecule has 0 aliphatic carbocycles. The summed E-state index contributed by atoms with van der Waals surface area (Å²) >= 11 is 1.59. The molecule has 4 amide bonds. The molecule has 35 heavy (non-hydrogen) atoms. The predicted molar refractivity (Wildman–Crippen MR) is 138 cm³/mol. The van der Waals surface area contributed by atoms with Crippen molar-refractivity contribution in [1.29, 1.82) is 0 Å². The number of ether oxygens (including phenoxy) is 1. The van der Waals surface area contributed by atoms with Gasteiger partial charge >= 0.3 is 12.1 Å². The molecule has 2 heterocycles. The van der Waals surface area contributed by atoms with Crippen molar-refractivity contribution in [2.45, 2.75) is 51.8 Å². The summed E-state index contributed by atoms with van der Waals surface area (Å²) in [6, 6.07) is 10.6. The molecule has 190 valence electrons. The number of hydrogen-bond acceptors (Lipinski definition) is 6. The molecule has 0 saturated carbocycles. The normalized spacial score (nSPS) is 14.7. The summed E-state index contributed by atoms with van der Waals surface area (Å²) in [5.41, 5.74) is 0.539. The van der Waals surface area contributed by atoms with Crippen LogP contribution in [0, 0.1) is 0 Å². The monoisotopic (exact) mass is 501 g/mol. The summed E-state index contributed by atoms with van der Waals surface area (Å²) in [5, 5.41) is 13.4. The first-order chi connectivity index (χ1) is 16.7. The van der Waals surface area contributed by atoms with E-state index in [1.54, 1.807) is 35.6 Å². The fourth-order valence-electron chi connectivity index (χ4n) is 3.70. The number of alkyl carbamates (subject to hydrolysis) is 1. The number of thiophene rings is 1. The number of nitrogens with zero attached hydrogens (tertiary/aromatic N) is 1. The molecule has 10 heteroatoms. The Morgan fingerprint density at radius 3 is 2.54 bits per heavy atom. The quantitative estimate of drug-likeness (QED) is 0.440. The van der Waals surface area contributed by atoms with Crippen LogP contribution in [0.3, 0.4) is 0 Å². The van der Waals surface area contributed by atoms with Gasteiger partial charge in [0.25, 0.3) is 5.91 Å². The van der Waals surface area contributed by atoms with Crippen molar-refractivity contribution in [3.63, 3.8) is 0 Å². The van der Waals surface area contributed by atoms with E-state index in [-0.39, 0.29) is 24.1 Å². The Labute approximate surface area is 210 Å². The Bertz CT molecular complexity index is 982. The number of anilines is 1. The van der Waals surface area contributed by atoms with Crippen LogP contribution in [-0.4, -0.2) is 60.8 Å². The lowest BCUT2D eigenvalue weighted by Crippen LogP contribution is -2.47. The third-order valence-corrected chi connectivity index (χ3v) is 6.28. The van der Waals surface area contributed by atoms with Crippen LogP contribution in [-0.2, 0) is 11.3 Å². The number of urea groups is 1. The van der Waals surface area contributed by atoms with E-state index in [9.17, 15) is 14.4 Å². The van der Waals surface area contributed by atoms with Gasteiger partial charge < -0.3 is 30.9 Å². The number of carbonyl (C=O) groups is 3. The maximum Gasteiger partial charge on any atom is 0.407 e. The molecule has 1 fully saturated rings. The third-order valence-electron chi connectivity index (χ3n) is 5.41. The summed E-state index contributed by atoms with van der Waals surface area (Å²) in [6.45, 7) is 8.91. The lowest BCUT2D eigenvalue weighted by Gasteiger charge is -2.32. The van der Waals surface area contributed by atoms with Gasteiger partial charge in [-0.3, -0.25) is 4.79 Å². The molecule has 4 N–H and O–H groups in total. The molecular formula is C25H35N5O4S. The van der Waals surface area contributed by atoms with E-state index in [4.69, 9.17) is 4.74 Å². The van der Waals surface area contributed by atoms with Crippen LogP contribution >= 0.6 is 11.3 Å². The van der Waals surface area contributed by atoms with Crippen molar-refractivity contribution >= 4 is 35.1 Å².